The monoisotopic (exact) mass is 396 g/mol. The predicted molar refractivity (Wildman–Crippen MR) is 113 cm³/mol. The molecule has 0 spiro atoms. The maximum atomic E-state index is 5.48. The minimum Gasteiger partial charge on any atom is -0.383 e. The summed E-state index contributed by atoms with van der Waals surface area (Å²) in [5.74, 6) is 2.40. The van der Waals surface area contributed by atoms with Crippen LogP contribution in [-0.2, 0) is 16.0 Å². The van der Waals surface area contributed by atoms with Crippen LogP contribution in [0.2, 0.25) is 0 Å². The summed E-state index contributed by atoms with van der Waals surface area (Å²) in [5, 5.41) is 3.35. The number of benzene rings is 1. The second kappa shape index (κ2) is 9.30. The molecule has 1 aliphatic heterocycles. The number of ether oxygens (including phenoxy) is 2. The Morgan fingerprint density at radius 2 is 1.86 bits per heavy atom. The lowest BCUT2D eigenvalue weighted by Crippen LogP contribution is -2.38. The zero-order valence-corrected chi connectivity index (χ0v) is 17.1. The Kier molecular flexibility index (Phi) is 6.33. The smallest absolute Gasteiger partial charge is 0.166 e. The molecule has 0 saturated carbocycles. The Labute approximate surface area is 170 Å². The van der Waals surface area contributed by atoms with Gasteiger partial charge in [0, 0.05) is 45.4 Å². The zero-order valence-electron chi connectivity index (χ0n) is 17.1. The summed E-state index contributed by atoms with van der Waals surface area (Å²) < 4.78 is 12.9. The largest absolute Gasteiger partial charge is 0.383 e. The predicted octanol–water partition coefficient (Wildman–Crippen LogP) is 2.19. The minimum absolute atomic E-state index is 0.605. The highest BCUT2D eigenvalue weighted by Crippen LogP contribution is 2.27. The van der Waals surface area contributed by atoms with Crippen molar-refractivity contribution in [2.75, 3.05) is 58.4 Å². The number of fused-ring (bicyclic) bond motifs is 1. The summed E-state index contributed by atoms with van der Waals surface area (Å²) in [5.41, 5.74) is 2.74. The highest BCUT2D eigenvalue weighted by molar-refractivity contribution is 5.86. The fourth-order valence-corrected chi connectivity index (χ4v) is 3.59. The Morgan fingerprint density at radius 3 is 2.62 bits per heavy atom. The van der Waals surface area contributed by atoms with Gasteiger partial charge < -0.3 is 19.4 Å². The van der Waals surface area contributed by atoms with Crippen molar-refractivity contribution in [2.45, 2.75) is 13.5 Å². The third kappa shape index (κ3) is 4.55. The van der Waals surface area contributed by atoms with Crippen molar-refractivity contribution in [1.29, 1.82) is 0 Å². The summed E-state index contributed by atoms with van der Waals surface area (Å²) in [6.07, 6.45) is 0. The number of methoxy groups -OCH3 is 1. The second-order valence-electron chi connectivity index (χ2n) is 7.12. The van der Waals surface area contributed by atoms with Crippen LogP contribution in [-0.4, -0.2) is 77.5 Å². The first-order valence-electron chi connectivity index (χ1n) is 10.1. The van der Waals surface area contributed by atoms with E-state index in [-0.39, 0.29) is 0 Å². The van der Waals surface area contributed by atoms with E-state index in [4.69, 9.17) is 19.4 Å². The average molecular weight is 396 g/mol. The highest BCUT2D eigenvalue weighted by Gasteiger charge is 2.19. The molecular weight excluding hydrogens is 368 g/mol. The number of hydrogen-bond acceptors (Lipinski definition) is 7. The Bertz CT molecular complexity index is 937. The number of rotatable bonds is 8. The number of anilines is 1. The molecule has 8 nitrogen and oxygen atoms in total. The van der Waals surface area contributed by atoms with E-state index in [1.807, 2.05) is 25.1 Å². The van der Waals surface area contributed by atoms with Crippen molar-refractivity contribution < 1.29 is 9.47 Å². The molecule has 2 aromatic heterocycles. The third-order valence-corrected chi connectivity index (χ3v) is 5.08. The maximum Gasteiger partial charge on any atom is 0.166 e. The van der Waals surface area contributed by atoms with Gasteiger partial charge in [0.05, 0.1) is 19.8 Å². The van der Waals surface area contributed by atoms with Gasteiger partial charge in [0.15, 0.2) is 17.0 Å². The molecule has 4 rings (SSSR count). The molecule has 0 atom stereocenters. The summed E-state index contributed by atoms with van der Waals surface area (Å²) >= 11 is 0. The first-order chi connectivity index (χ1) is 14.3. The normalized spacial score (nSPS) is 15.1. The number of aromatic nitrogens is 4. The molecule has 0 amide bonds. The summed E-state index contributed by atoms with van der Waals surface area (Å²) in [4.78, 5) is 16.7. The molecule has 0 aliphatic carbocycles. The minimum atomic E-state index is 0.605. The standard InChI is InChI=1S/C21H28N6O2/c1-16-23-19(22-8-13-28-2)18-21(24-16)27(10-9-26-11-14-29-15-12-26)20(25-18)17-6-4-3-5-7-17/h3-7H,8-15H2,1-2H3,(H,22,23,24). The van der Waals surface area contributed by atoms with Crippen LogP contribution in [0.15, 0.2) is 30.3 Å². The summed E-state index contributed by atoms with van der Waals surface area (Å²) in [6, 6.07) is 10.3. The van der Waals surface area contributed by atoms with Crippen molar-refractivity contribution in [3.8, 4) is 11.4 Å². The number of nitrogens with zero attached hydrogens (tertiary/aromatic N) is 5. The molecular formula is C21H28N6O2. The van der Waals surface area contributed by atoms with Crippen LogP contribution in [0.5, 0.6) is 0 Å². The molecule has 0 unspecified atom stereocenters. The first-order valence-corrected chi connectivity index (χ1v) is 10.1. The molecule has 3 heterocycles. The second-order valence-corrected chi connectivity index (χ2v) is 7.12. The van der Waals surface area contributed by atoms with Gasteiger partial charge in [-0.25, -0.2) is 15.0 Å². The third-order valence-electron chi connectivity index (χ3n) is 5.08. The van der Waals surface area contributed by atoms with E-state index in [9.17, 15) is 0 Å². The van der Waals surface area contributed by atoms with Crippen LogP contribution in [0, 0.1) is 6.92 Å². The molecule has 0 radical (unpaired) electrons. The van der Waals surface area contributed by atoms with Crippen molar-refractivity contribution in [3.05, 3.63) is 36.2 Å². The van der Waals surface area contributed by atoms with Crippen molar-refractivity contribution in [3.63, 3.8) is 0 Å². The van der Waals surface area contributed by atoms with E-state index in [1.165, 1.54) is 0 Å². The van der Waals surface area contributed by atoms with Crippen LogP contribution >= 0.6 is 0 Å². The van der Waals surface area contributed by atoms with E-state index in [0.717, 1.165) is 73.6 Å². The van der Waals surface area contributed by atoms with Crippen LogP contribution in [0.25, 0.3) is 22.6 Å². The molecule has 8 heteroatoms. The number of nitrogens with one attached hydrogen (secondary N) is 1. The fourth-order valence-electron chi connectivity index (χ4n) is 3.59. The van der Waals surface area contributed by atoms with Gasteiger partial charge in [-0.05, 0) is 6.92 Å². The molecule has 1 N–H and O–H groups in total. The summed E-state index contributed by atoms with van der Waals surface area (Å²) in [7, 11) is 1.69. The van der Waals surface area contributed by atoms with Gasteiger partial charge in [-0.3, -0.25) is 4.90 Å². The van der Waals surface area contributed by atoms with Gasteiger partial charge in [0.1, 0.15) is 11.6 Å². The number of aryl methyl sites for hydroxylation is 1. The van der Waals surface area contributed by atoms with Crippen molar-refractivity contribution in [2.24, 2.45) is 0 Å². The highest BCUT2D eigenvalue weighted by atomic mass is 16.5. The van der Waals surface area contributed by atoms with E-state index in [1.54, 1.807) is 7.11 Å². The molecule has 1 aromatic carbocycles. The quantitative estimate of drug-likeness (QED) is 0.585. The Balaban J connectivity index is 1.73. The fraction of sp³-hybridized carbons (Fsp3) is 0.476. The van der Waals surface area contributed by atoms with Crippen molar-refractivity contribution >= 4 is 17.0 Å². The molecule has 1 saturated heterocycles. The molecule has 154 valence electrons. The number of imidazole rings is 1. The molecule has 3 aromatic rings. The van der Waals surface area contributed by atoms with E-state index >= 15 is 0 Å². The van der Waals surface area contributed by atoms with Gasteiger partial charge in [0.25, 0.3) is 0 Å². The maximum absolute atomic E-state index is 5.48. The molecule has 0 bridgehead atoms. The Morgan fingerprint density at radius 1 is 1.07 bits per heavy atom. The van der Waals surface area contributed by atoms with Crippen LogP contribution < -0.4 is 5.32 Å². The van der Waals surface area contributed by atoms with Gasteiger partial charge in [-0.1, -0.05) is 30.3 Å². The first kappa shape index (κ1) is 19.8. The summed E-state index contributed by atoms with van der Waals surface area (Å²) in [6.45, 7) is 8.46. The topological polar surface area (TPSA) is 77.3 Å². The van der Waals surface area contributed by atoms with E-state index in [0.29, 0.717) is 13.2 Å². The SMILES string of the molecule is COCCNc1nc(C)nc2c1nc(-c1ccccc1)n2CCN1CCOCC1. The van der Waals surface area contributed by atoms with Crippen LogP contribution in [0.4, 0.5) is 5.82 Å². The van der Waals surface area contributed by atoms with Gasteiger partial charge in [0.2, 0.25) is 0 Å². The zero-order chi connectivity index (χ0) is 20.1. The van der Waals surface area contributed by atoms with Crippen LogP contribution in [0.1, 0.15) is 5.82 Å². The van der Waals surface area contributed by atoms with Crippen LogP contribution in [0.3, 0.4) is 0 Å². The lowest BCUT2D eigenvalue weighted by Gasteiger charge is -2.26. The number of hydrogen-bond donors (Lipinski definition) is 1. The molecule has 1 fully saturated rings. The average Bonchev–Trinajstić information content (AvgIpc) is 3.12. The Hall–Kier alpha value is -2.55. The van der Waals surface area contributed by atoms with Gasteiger partial charge in [-0.2, -0.15) is 0 Å². The lowest BCUT2D eigenvalue weighted by molar-refractivity contribution is 0.0365. The van der Waals surface area contributed by atoms with Crippen molar-refractivity contribution in [1.82, 2.24) is 24.4 Å². The van der Waals surface area contributed by atoms with Gasteiger partial charge in [-0.15, -0.1) is 0 Å². The molecule has 29 heavy (non-hydrogen) atoms. The molecule has 1 aliphatic rings. The van der Waals surface area contributed by atoms with Gasteiger partial charge >= 0.3 is 0 Å². The van der Waals surface area contributed by atoms with E-state index < -0.39 is 0 Å². The number of morpholine rings is 1. The lowest BCUT2D eigenvalue weighted by atomic mass is 10.2. The van der Waals surface area contributed by atoms with E-state index in [2.05, 4.69) is 31.9 Å².